The van der Waals surface area contributed by atoms with Gasteiger partial charge in [0, 0.05) is 13.2 Å². The third-order valence-electron chi connectivity index (χ3n) is 10.0. The van der Waals surface area contributed by atoms with E-state index < -0.39 is 0 Å². The smallest absolute Gasteiger partial charge is 0.381 e. The molecule has 0 unspecified atom stereocenters. The van der Waals surface area contributed by atoms with Crippen molar-refractivity contribution in [3.8, 4) is 5.92 Å². The molecule has 4 rings (SSSR count). The van der Waals surface area contributed by atoms with Crippen LogP contribution in [0.5, 0.6) is 0 Å². The quantitative estimate of drug-likeness (QED) is 0.216. The summed E-state index contributed by atoms with van der Waals surface area (Å²) in [6.45, 7) is 26.0. The van der Waals surface area contributed by atoms with Crippen molar-refractivity contribution in [1.29, 1.82) is 0 Å². The van der Waals surface area contributed by atoms with Crippen LogP contribution in [0.15, 0.2) is 30.3 Å². The third-order valence-corrected chi connectivity index (χ3v) is 10.0. The molecule has 1 nitrogen and oxygen atoms in total. The summed E-state index contributed by atoms with van der Waals surface area (Å²) >= 11 is 0. The minimum Gasteiger partial charge on any atom is -0.381 e. The first-order valence-electron chi connectivity index (χ1n) is 13.6. The van der Waals surface area contributed by atoms with Gasteiger partial charge in [-0.3, -0.25) is 5.92 Å². The fraction of sp³-hybridized carbons (Fsp3) is 0.750. The second-order valence-electron chi connectivity index (χ2n) is 11.4. The third kappa shape index (κ3) is 10.2. The maximum Gasteiger partial charge on any atom is 3.00 e. The Kier molecular flexibility index (Phi) is 17.6. The molecule has 1 aromatic carbocycles. The Hall–Kier alpha value is 0.117. The van der Waals surface area contributed by atoms with Crippen LogP contribution in [0.3, 0.4) is 0 Å². The standard InChI is InChI=1S/2C10H20.C8H5.C4H8O.Ce/c2*1-6-7(2)9(4)10(5)8(6)3;1-2-8-6-4-3-5-7-8;1-2-4-5-3-1;/h2*6-10H,1-5H3;3-7H;1-4H2;/q;;-1;;+3. The molecule has 2 heteroatoms. The number of hydrogen-bond acceptors (Lipinski definition) is 1. The van der Waals surface area contributed by atoms with Crippen LogP contribution in [0.25, 0.3) is 0 Å². The second-order valence-corrected chi connectivity index (χ2v) is 11.4. The first-order chi connectivity index (χ1) is 15.5. The van der Waals surface area contributed by atoms with Gasteiger partial charge in [-0.1, -0.05) is 87.4 Å². The van der Waals surface area contributed by atoms with Crippen molar-refractivity contribution in [3.63, 3.8) is 0 Å². The molecule has 1 heterocycles. The van der Waals surface area contributed by atoms with Gasteiger partial charge in [0.2, 0.25) is 0 Å². The molecule has 1 radical (unpaired) electrons. The van der Waals surface area contributed by atoms with E-state index in [-0.39, 0.29) is 41.7 Å². The number of benzene rings is 1. The van der Waals surface area contributed by atoms with E-state index in [1.54, 1.807) is 0 Å². The van der Waals surface area contributed by atoms with Crippen LogP contribution < -0.4 is 0 Å². The summed E-state index contributed by atoms with van der Waals surface area (Å²) in [5.41, 5.74) is 0.826. The Bertz CT molecular complexity index is 549. The molecule has 0 bridgehead atoms. The first kappa shape index (κ1) is 34.1. The Labute approximate surface area is 247 Å². The zero-order valence-corrected chi connectivity index (χ0v) is 27.0. The summed E-state index contributed by atoms with van der Waals surface area (Å²) in [6, 6.07) is 9.37. The summed E-state index contributed by atoms with van der Waals surface area (Å²) in [5, 5.41) is 0. The van der Waals surface area contributed by atoms with E-state index in [1.165, 1.54) is 12.8 Å². The molecule has 34 heavy (non-hydrogen) atoms. The number of rotatable bonds is 0. The van der Waals surface area contributed by atoms with E-state index >= 15 is 0 Å². The van der Waals surface area contributed by atoms with E-state index in [9.17, 15) is 0 Å². The molecule has 0 amide bonds. The van der Waals surface area contributed by atoms with Crippen LogP contribution >= 0.6 is 0 Å². The zero-order valence-electron chi connectivity index (χ0n) is 23.9. The van der Waals surface area contributed by atoms with E-state index in [1.807, 2.05) is 30.3 Å². The van der Waals surface area contributed by atoms with Gasteiger partial charge in [-0.25, -0.2) is 0 Å². The normalized spacial score (nSPS) is 38.0. The maximum atomic E-state index is 6.69. The molecule has 1 aromatic rings. The molecule has 0 atom stereocenters. The molecule has 2 saturated carbocycles. The fourth-order valence-electron chi connectivity index (χ4n) is 5.82. The average molecular weight is 594 g/mol. The van der Waals surface area contributed by atoms with Gasteiger partial charge in [0.05, 0.1) is 0 Å². The molecule has 1 saturated heterocycles. The van der Waals surface area contributed by atoms with E-state index in [0.717, 1.165) is 78.0 Å². The van der Waals surface area contributed by atoms with Gasteiger partial charge in [0.15, 0.2) is 0 Å². The van der Waals surface area contributed by atoms with Crippen LogP contribution in [-0.4, -0.2) is 13.2 Å². The van der Waals surface area contributed by atoms with Gasteiger partial charge < -0.3 is 11.2 Å². The molecule has 189 valence electrons. The topological polar surface area (TPSA) is 9.23 Å². The summed E-state index contributed by atoms with van der Waals surface area (Å²) < 4.78 is 4.94. The van der Waals surface area contributed by atoms with Crippen LogP contribution in [0.1, 0.15) is 87.6 Å². The van der Waals surface area contributed by atoms with Gasteiger partial charge in [0.1, 0.15) is 0 Å². The van der Waals surface area contributed by atoms with Crippen LogP contribution in [0, 0.1) is 113 Å². The molecule has 3 fully saturated rings. The minimum absolute atomic E-state index is 0. The van der Waals surface area contributed by atoms with Crippen molar-refractivity contribution in [2.24, 2.45) is 59.2 Å². The predicted octanol–water partition coefficient (Wildman–Crippen LogP) is 8.78. The summed E-state index contributed by atoms with van der Waals surface area (Å²) in [6.07, 6.45) is 9.25. The van der Waals surface area contributed by atoms with Crippen molar-refractivity contribution in [3.05, 3.63) is 42.3 Å². The molecule has 1 aliphatic heterocycles. The van der Waals surface area contributed by atoms with E-state index in [0.29, 0.717) is 0 Å². The van der Waals surface area contributed by atoms with Crippen LogP contribution in [0.2, 0.25) is 0 Å². The van der Waals surface area contributed by atoms with Crippen molar-refractivity contribution >= 4 is 0 Å². The molecule has 0 aromatic heterocycles. The molecule has 3 aliphatic rings. The SMILES string of the molecule is C1CCOC1.CC1C(C)C(C)C(C)C1C.CC1C(C)C(C)C(C)C1C.[C-]#Cc1ccccc1.[Ce+3]. The minimum atomic E-state index is 0. The monoisotopic (exact) mass is 593 g/mol. The predicted molar refractivity (Wildman–Crippen MR) is 144 cm³/mol. The van der Waals surface area contributed by atoms with E-state index in [4.69, 9.17) is 11.2 Å². The van der Waals surface area contributed by atoms with Gasteiger partial charge in [0.25, 0.3) is 0 Å². The molecule has 2 aliphatic carbocycles. The molecular formula is C32H53CeO+2. The molecular weight excluding hydrogens is 540 g/mol. The van der Waals surface area contributed by atoms with Crippen LogP contribution in [-0.2, 0) is 4.74 Å². The summed E-state index contributed by atoms with van der Waals surface area (Å²) in [5.74, 6) is 11.6. The summed E-state index contributed by atoms with van der Waals surface area (Å²) in [4.78, 5) is 0. The van der Waals surface area contributed by atoms with Crippen LogP contribution in [0.4, 0.5) is 0 Å². The van der Waals surface area contributed by atoms with Crippen molar-refractivity contribution in [1.82, 2.24) is 0 Å². The fourth-order valence-corrected chi connectivity index (χ4v) is 5.82. The number of ether oxygens (including phenoxy) is 1. The molecule has 0 spiro atoms. The largest absolute Gasteiger partial charge is 3.00 e. The maximum absolute atomic E-state index is 6.69. The first-order valence-corrected chi connectivity index (χ1v) is 13.6. The van der Waals surface area contributed by atoms with Gasteiger partial charge >= 0.3 is 41.7 Å². The van der Waals surface area contributed by atoms with Gasteiger partial charge in [-0.05, 0) is 72.0 Å². The number of hydrogen-bond donors (Lipinski definition) is 0. The van der Waals surface area contributed by atoms with Gasteiger partial charge in [-0.2, -0.15) is 0 Å². The van der Waals surface area contributed by atoms with Gasteiger partial charge in [-0.15, -0.1) is 17.7 Å². The zero-order chi connectivity index (χ0) is 25.1. The summed E-state index contributed by atoms with van der Waals surface area (Å²) in [7, 11) is 0. The molecule has 0 N–H and O–H groups in total. The Balaban J connectivity index is 0.000000433. The van der Waals surface area contributed by atoms with Crippen molar-refractivity contribution in [2.75, 3.05) is 13.2 Å². The average Bonchev–Trinajstić information content (AvgIpc) is 3.53. The van der Waals surface area contributed by atoms with Crippen molar-refractivity contribution < 1.29 is 46.5 Å². The Morgan fingerprint density at radius 1 is 0.559 bits per heavy atom. The Morgan fingerprint density at radius 3 is 0.971 bits per heavy atom. The second kappa shape index (κ2) is 17.6. The van der Waals surface area contributed by atoms with E-state index in [2.05, 4.69) is 75.2 Å². The van der Waals surface area contributed by atoms with Crippen molar-refractivity contribution in [2.45, 2.75) is 82.1 Å². The Morgan fingerprint density at radius 2 is 0.824 bits per heavy atom.